The molecule has 0 saturated heterocycles. The molecule has 5 heteroatoms. The van der Waals surface area contributed by atoms with Crippen molar-refractivity contribution in [2.45, 2.75) is 6.54 Å². The Hall–Kier alpha value is -2.09. The molecule has 0 radical (unpaired) electrons. The van der Waals surface area contributed by atoms with Gasteiger partial charge in [0.15, 0.2) is 4.77 Å². The summed E-state index contributed by atoms with van der Waals surface area (Å²) >= 11 is 11.2. The maximum absolute atomic E-state index is 9.13. The number of hydrogen-bond donors (Lipinski definition) is 1. The molecule has 3 rings (SSSR count). The first-order valence-electron chi connectivity index (χ1n) is 6.05. The smallest absolute Gasteiger partial charge is 0.178 e. The lowest BCUT2D eigenvalue weighted by Crippen LogP contribution is -1.99. The maximum atomic E-state index is 9.13. The molecule has 0 saturated carbocycles. The molecule has 98 valence electrons. The van der Waals surface area contributed by atoms with Crippen molar-refractivity contribution in [1.82, 2.24) is 9.55 Å². The van der Waals surface area contributed by atoms with Gasteiger partial charge < -0.3 is 9.55 Å². The van der Waals surface area contributed by atoms with Crippen molar-refractivity contribution in [3.8, 4) is 6.07 Å². The quantitative estimate of drug-likeness (QED) is 0.718. The number of nitrogens with one attached hydrogen (secondary N) is 1. The third kappa shape index (κ3) is 2.22. The van der Waals surface area contributed by atoms with Gasteiger partial charge in [-0.05, 0) is 42.0 Å². The van der Waals surface area contributed by atoms with Crippen LogP contribution in [0.4, 0.5) is 0 Å². The Kier molecular flexibility index (Phi) is 3.31. The van der Waals surface area contributed by atoms with Gasteiger partial charge >= 0.3 is 0 Å². The minimum absolute atomic E-state index is 0.600. The van der Waals surface area contributed by atoms with E-state index in [1.165, 1.54) is 0 Å². The summed E-state index contributed by atoms with van der Waals surface area (Å²) < 4.78 is 2.59. The summed E-state index contributed by atoms with van der Waals surface area (Å²) in [4.78, 5) is 3.11. The van der Waals surface area contributed by atoms with E-state index in [9.17, 15) is 0 Å². The number of hydrogen-bond acceptors (Lipinski definition) is 2. The van der Waals surface area contributed by atoms with Crippen LogP contribution < -0.4 is 0 Å². The molecule has 0 bridgehead atoms. The topological polar surface area (TPSA) is 44.5 Å². The number of rotatable bonds is 2. The van der Waals surface area contributed by atoms with Crippen molar-refractivity contribution in [2.75, 3.05) is 0 Å². The Morgan fingerprint density at radius 2 is 1.95 bits per heavy atom. The second-order valence-electron chi connectivity index (χ2n) is 4.45. The van der Waals surface area contributed by atoms with E-state index >= 15 is 0 Å². The van der Waals surface area contributed by atoms with E-state index in [0.29, 0.717) is 21.9 Å². The molecule has 0 aliphatic heterocycles. The molecular weight excluding hydrogens is 290 g/mol. The average molecular weight is 300 g/mol. The summed E-state index contributed by atoms with van der Waals surface area (Å²) in [6, 6.07) is 15.4. The Bertz CT molecular complexity index is 869. The Balaban J connectivity index is 2.13. The van der Waals surface area contributed by atoms with E-state index in [1.807, 2.05) is 41.0 Å². The Morgan fingerprint density at radius 1 is 1.20 bits per heavy atom. The van der Waals surface area contributed by atoms with E-state index in [2.05, 4.69) is 11.1 Å². The molecule has 20 heavy (non-hydrogen) atoms. The largest absolute Gasteiger partial charge is 0.329 e. The normalized spacial score (nSPS) is 10.6. The number of imidazole rings is 1. The van der Waals surface area contributed by atoms with Crippen LogP contribution in [0.3, 0.4) is 0 Å². The molecule has 3 aromatic rings. The highest BCUT2D eigenvalue weighted by atomic mass is 35.5. The van der Waals surface area contributed by atoms with E-state index in [-0.39, 0.29) is 0 Å². The van der Waals surface area contributed by atoms with Crippen LogP contribution in [0.15, 0.2) is 42.5 Å². The first-order valence-corrected chi connectivity index (χ1v) is 6.84. The second kappa shape index (κ2) is 5.12. The molecule has 2 aromatic carbocycles. The summed E-state index contributed by atoms with van der Waals surface area (Å²) in [5, 5.41) is 9.84. The fraction of sp³-hybridized carbons (Fsp3) is 0.0667. The first kappa shape index (κ1) is 12.9. The zero-order valence-corrected chi connectivity index (χ0v) is 12.0. The zero-order valence-electron chi connectivity index (χ0n) is 10.4. The van der Waals surface area contributed by atoms with Crippen LogP contribution in [0.5, 0.6) is 0 Å². The summed E-state index contributed by atoms with van der Waals surface area (Å²) in [5.74, 6) is 0. The van der Waals surface area contributed by atoms with Gasteiger partial charge in [0, 0.05) is 5.02 Å². The number of aromatic amines is 1. The molecule has 0 spiro atoms. The number of nitriles is 1. The molecule has 0 aliphatic rings. The number of aromatic nitrogens is 2. The van der Waals surface area contributed by atoms with Crippen molar-refractivity contribution in [3.63, 3.8) is 0 Å². The lowest BCUT2D eigenvalue weighted by atomic mass is 10.2. The summed E-state index contributed by atoms with van der Waals surface area (Å²) in [6.45, 7) is 0.644. The SMILES string of the molecule is N#Cc1cccc2c1[nH]c(=S)n2Cc1ccc(Cl)cc1. The lowest BCUT2D eigenvalue weighted by Gasteiger charge is -2.05. The minimum Gasteiger partial charge on any atom is -0.329 e. The standard InChI is InChI=1S/C15H10ClN3S/c16-12-6-4-10(5-7-12)9-19-13-3-1-2-11(8-17)14(13)18-15(19)20/h1-7H,9H2,(H,18,20). The maximum Gasteiger partial charge on any atom is 0.178 e. The van der Waals surface area contributed by atoms with Gasteiger partial charge in [-0.15, -0.1) is 0 Å². The first-order chi connectivity index (χ1) is 9.69. The van der Waals surface area contributed by atoms with Gasteiger partial charge in [-0.2, -0.15) is 5.26 Å². The van der Waals surface area contributed by atoms with Crippen molar-refractivity contribution in [3.05, 3.63) is 63.4 Å². The number of fused-ring (bicyclic) bond motifs is 1. The van der Waals surface area contributed by atoms with Crippen LogP contribution in [0.25, 0.3) is 11.0 Å². The van der Waals surface area contributed by atoms with Crippen LogP contribution in [0.1, 0.15) is 11.1 Å². The molecule has 1 N–H and O–H groups in total. The number of nitrogens with zero attached hydrogens (tertiary/aromatic N) is 2. The van der Waals surface area contributed by atoms with Crippen LogP contribution in [-0.4, -0.2) is 9.55 Å². The molecule has 0 atom stereocenters. The van der Waals surface area contributed by atoms with Gasteiger partial charge in [-0.3, -0.25) is 0 Å². The molecule has 0 aliphatic carbocycles. The van der Waals surface area contributed by atoms with Gasteiger partial charge in [-0.1, -0.05) is 29.8 Å². The number of benzene rings is 2. The molecule has 3 nitrogen and oxygen atoms in total. The predicted molar refractivity (Wildman–Crippen MR) is 82.4 cm³/mol. The van der Waals surface area contributed by atoms with Crippen LogP contribution >= 0.6 is 23.8 Å². The number of halogens is 1. The van der Waals surface area contributed by atoms with Gasteiger partial charge in [-0.25, -0.2) is 0 Å². The Labute approximate surface area is 126 Å². The Morgan fingerprint density at radius 3 is 2.65 bits per heavy atom. The van der Waals surface area contributed by atoms with Gasteiger partial charge in [0.1, 0.15) is 6.07 Å². The molecule has 0 unspecified atom stereocenters. The molecular formula is C15H10ClN3S. The summed E-state index contributed by atoms with van der Waals surface area (Å²) in [7, 11) is 0. The molecule has 1 heterocycles. The fourth-order valence-corrected chi connectivity index (χ4v) is 2.59. The van der Waals surface area contributed by atoms with Crippen molar-refractivity contribution >= 4 is 34.9 Å². The van der Waals surface area contributed by atoms with Gasteiger partial charge in [0.25, 0.3) is 0 Å². The molecule has 0 fully saturated rings. The third-order valence-electron chi connectivity index (χ3n) is 3.18. The van der Waals surface area contributed by atoms with Crippen LogP contribution in [-0.2, 0) is 6.54 Å². The van der Waals surface area contributed by atoms with Gasteiger partial charge in [0.05, 0.1) is 23.1 Å². The van der Waals surface area contributed by atoms with Crippen molar-refractivity contribution in [1.29, 1.82) is 5.26 Å². The zero-order chi connectivity index (χ0) is 14.1. The second-order valence-corrected chi connectivity index (χ2v) is 5.28. The third-order valence-corrected chi connectivity index (χ3v) is 3.76. The van der Waals surface area contributed by atoms with Crippen molar-refractivity contribution in [2.24, 2.45) is 0 Å². The molecule has 0 amide bonds. The van der Waals surface area contributed by atoms with E-state index in [4.69, 9.17) is 29.1 Å². The highest BCUT2D eigenvalue weighted by molar-refractivity contribution is 7.71. The predicted octanol–water partition coefficient (Wildman–Crippen LogP) is 4.27. The van der Waals surface area contributed by atoms with E-state index in [0.717, 1.165) is 16.6 Å². The van der Waals surface area contributed by atoms with E-state index < -0.39 is 0 Å². The highest BCUT2D eigenvalue weighted by Crippen LogP contribution is 2.20. The number of H-pyrrole nitrogens is 1. The number of para-hydroxylation sites is 1. The lowest BCUT2D eigenvalue weighted by molar-refractivity contribution is 0.810. The molecule has 1 aromatic heterocycles. The minimum atomic E-state index is 0.600. The van der Waals surface area contributed by atoms with Crippen LogP contribution in [0.2, 0.25) is 5.02 Å². The van der Waals surface area contributed by atoms with Crippen LogP contribution in [0, 0.1) is 16.1 Å². The van der Waals surface area contributed by atoms with E-state index in [1.54, 1.807) is 6.07 Å². The highest BCUT2D eigenvalue weighted by Gasteiger charge is 2.08. The monoisotopic (exact) mass is 299 g/mol. The average Bonchev–Trinajstić information content (AvgIpc) is 2.77. The fourth-order valence-electron chi connectivity index (χ4n) is 2.20. The van der Waals surface area contributed by atoms with Gasteiger partial charge in [0.2, 0.25) is 0 Å². The summed E-state index contributed by atoms with van der Waals surface area (Å²) in [5.41, 5.74) is 3.43. The summed E-state index contributed by atoms with van der Waals surface area (Å²) in [6.07, 6.45) is 0. The van der Waals surface area contributed by atoms with Crippen molar-refractivity contribution < 1.29 is 0 Å².